The van der Waals surface area contributed by atoms with Gasteiger partial charge in [0.05, 0.1) is 21.3 Å². The molecule has 4 aromatic rings. The SMILES string of the molecule is O=[N+]([O-])c1cccc2ncc3c(c12)Sc1cnc2ccccc2c1S3. The fourth-order valence-electron chi connectivity index (χ4n) is 3.00. The van der Waals surface area contributed by atoms with Crippen molar-refractivity contribution in [2.24, 2.45) is 0 Å². The van der Waals surface area contributed by atoms with E-state index in [2.05, 4.69) is 16.0 Å². The van der Waals surface area contributed by atoms with E-state index in [-0.39, 0.29) is 10.6 Å². The zero-order valence-corrected chi connectivity index (χ0v) is 14.3. The first-order chi connectivity index (χ1) is 12.2. The summed E-state index contributed by atoms with van der Waals surface area (Å²) in [6.07, 6.45) is 3.65. The highest BCUT2D eigenvalue weighted by Gasteiger charge is 2.26. The fourth-order valence-corrected chi connectivity index (χ4v) is 5.45. The van der Waals surface area contributed by atoms with Crippen LogP contribution in [0.15, 0.2) is 74.4 Å². The molecule has 2 aromatic carbocycles. The van der Waals surface area contributed by atoms with Crippen LogP contribution in [0.25, 0.3) is 21.8 Å². The predicted octanol–water partition coefficient (Wildman–Crippen LogP) is 5.31. The van der Waals surface area contributed by atoms with E-state index >= 15 is 0 Å². The summed E-state index contributed by atoms with van der Waals surface area (Å²) in [6, 6.07) is 13.0. The molecule has 1 aliphatic rings. The molecule has 0 saturated carbocycles. The summed E-state index contributed by atoms with van der Waals surface area (Å²) in [7, 11) is 0. The van der Waals surface area contributed by atoms with E-state index in [0.717, 1.165) is 30.5 Å². The third-order valence-corrected chi connectivity index (χ3v) is 6.70. The number of aromatic nitrogens is 2. The average molecular weight is 363 g/mol. The van der Waals surface area contributed by atoms with Crippen LogP contribution in [0.4, 0.5) is 5.69 Å². The number of para-hydroxylation sites is 1. The molecular formula is C18H9N3O2S2. The molecule has 2 aromatic heterocycles. The van der Waals surface area contributed by atoms with Crippen LogP contribution in [-0.4, -0.2) is 14.9 Å². The van der Waals surface area contributed by atoms with Gasteiger partial charge in [0, 0.05) is 43.4 Å². The van der Waals surface area contributed by atoms with E-state index < -0.39 is 0 Å². The smallest absolute Gasteiger partial charge is 0.258 e. The Hall–Kier alpha value is -2.64. The largest absolute Gasteiger partial charge is 0.279 e. The standard InChI is InChI=1S/C18H9N3O2S2/c22-21(23)13-7-3-6-12-16(13)18-15(9-20-12)24-17-10-4-1-2-5-11(10)19-8-14(17)25-18/h1-9H. The minimum Gasteiger partial charge on any atom is -0.258 e. The van der Waals surface area contributed by atoms with Gasteiger partial charge in [-0.15, -0.1) is 0 Å². The molecule has 25 heavy (non-hydrogen) atoms. The van der Waals surface area contributed by atoms with Crippen LogP contribution in [0, 0.1) is 10.1 Å². The number of fused-ring (bicyclic) bond motifs is 6. The molecule has 120 valence electrons. The van der Waals surface area contributed by atoms with Gasteiger partial charge in [-0.2, -0.15) is 0 Å². The molecule has 7 heteroatoms. The average Bonchev–Trinajstić information content (AvgIpc) is 2.65. The van der Waals surface area contributed by atoms with Gasteiger partial charge in [0.2, 0.25) is 0 Å². The van der Waals surface area contributed by atoms with Crippen LogP contribution < -0.4 is 0 Å². The van der Waals surface area contributed by atoms with Gasteiger partial charge < -0.3 is 0 Å². The molecule has 0 aliphatic carbocycles. The maximum atomic E-state index is 11.5. The van der Waals surface area contributed by atoms with Crippen LogP contribution in [0.2, 0.25) is 0 Å². The number of hydrogen-bond acceptors (Lipinski definition) is 6. The van der Waals surface area contributed by atoms with Gasteiger partial charge in [-0.05, 0) is 12.1 Å². The molecule has 0 bridgehead atoms. The summed E-state index contributed by atoms with van der Waals surface area (Å²) < 4.78 is 0. The predicted molar refractivity (Wildman–Crippen MR) is 98.4 cm³/mol. The molecule has 0 radical (unpaired) electrons. The Balaban J connectivity index is 1.79. The Bertz CT molecular complexity index is 1190. The number of hydrogen-bond donors (Lipinski definition) is 0. The maximum absolute atomic E-state index is 11.5. The number of pyridine rings is 2. The summed E-state index contributed by atoms with van der Waals surface area (Å²) in [6.45, 7) is 0. The molecule has 5 nitrogen and oxygen atoms in total. The van der Waals surface area contributed by atoms with Crippen LogP contribution in [-0.2, 0) is 0 Å². The van der Waals surface area contributed by atoms with Gasteiger partial charge in [-0.1, -0.05) is 47.8 Å². The summed E-state index contributed by atoms with van der Waals surface area (Å²) in [5, 5.41) is 13.2. The lowest BCUT2D eigenvalue weighted by atomic mass is 10.2. The van der Waals surface area contributed by atoms with E-state index in [0.29, 0.717) is 10.9 Å². The van der Waals surface area contributed by atoms with Crippen molar-refractivity contribution in [3.05, 3.63) is 65.0 Å². The second-order valence-electron chi connectivity index (χ2n) is 5.55. The van der Waals surface area contributed by atoms with Gasteiger partial charge in [0.15, 0.2) is 0 Å². The van der Waals surface area contributed by atoms with Gasteiger partial charge >= 0.3 is 0 Å². The molecule has 0 unspecified atom stereocenters. The quantitative estimate of drug-likeness (QED) is 0.297. The molecule has 5 rings (SSSR count). The van der Waals surface area contributed by atoms with E-state index in [1.54, 1.807) is 24.0 Å². The van der Waals surface area contributed by atoms with Gasteiger partial charge in [-0.25, -0.2) is 0 Å². The van der Waals surface area contributed by atoms with E-state index in [4.69, 9.17) is 0 Å². The molecule has 0 atom stereocenters. The maximum Gasteiger partial charge on any atom is 0.279 e. The highest BCUT2D eigenvalue weighted by atomic mass is 32.2. The van der Waals surface area contributed by atoms with Crippen molar-refractivity contribution in [3.63, 3.8) is 0 Å². The van der Waals surface area contributed by atoms with Crippen molar-refractivity contribution >= 4 is 51.0 Å². The van der Waals surface area contributed by atoms with Crippen molar-refractivity contribution in [2.75, 3.05) is 0 Å². The van der Waals surface area contributed by atoms with Gasteiger partial charge in [0.1, 0.15) is 0 Å². The molecule has 0 amide bonds. The van der Waals surface area contributed by atoms with Crippen LogP contribution in [0.1, 0.15) is 0 Å². The highest BCUT2D eigenvalue weighted by Crippen LogP contribution is 2.53. The third-order valence-electron chi connectivity index (χ3n) is 4.11. The van der Waals surface area contributed by atoms with Crippen molar-refractivity contribution in [2.45, 2.75) is 19.6 Å². The number of rotatable bonds is 1. The zero-order chi connectivity index (χ0) is 17.0. The minimum absolute atomic E-state index is 0.0900. The summed E-state index contributed by atoms with van der Waals surface area (Å²) >= 11 is 3.13. The second kappa shape index (κ2) is 5.44. The molecule has 0 spiro atoms. The highest BCUT2D eigenvalue weighted by molar-refractivity contribution is 8.05. The first-order valence-electron chi connectivity index (χ1n) is 7.52. The van der Waals surface area contributed by atoms with E-state index in [1.165, 1.54) is 17.8 Å². The van der Waals surface area contributed by atoms with Crippen LogP contribution >= 0.6 is 23.5 Å². The monoisotopic (exact) mass is 363 g/mol. The Morgan fingerprint density at radius 1 is 0.840 bits per heavy atom. The zero-order valence-electron chi connectivity index (χ0n) is 12.7. The summed E-state index contributed by atoms with van der Waals surface area (Å²) in [5.74, 6) is 0. The second-order valence-corrected chi connectivity index (χ2v) is 7.66. The third kappa shape index (κ3) is 2.20. The Labute approximate surface area is 150 Å². The Morgan fingerprint density at radius 2 is 1.52 bits per heavy atom. The van der Waals surface area contributed by atoms with Crippen molar-refractivity contribution in [3.8, 4) is 0 Å². The molecule has 0 N–H and O–H groups in total. The molecule has 3 heterocycles. The Kier molecular flexibility index (Phi) is 3.19. The van der Waals surface area contributed by atoms with Crippen molar-refractivity contribution in [1.82, 2.24) is 9.97 Å². The number of nitro groups is 1. The van der Waals surface area contributed by atoms with Crippen molar-refractivity contribution < 1.29 is 4.92 Å². The Morgan fingerprint density at radius 3 is 2.36 bits per heavy atom. The lowest BCUT2D eigenvalue weighted by molar-refractivity contribution is -0.383. The molecule has 0 fully saturated rings. The number of nitrogens with zero attached hydrogens (tertiary/aromatic N) is 3. The minimum atomic E-state index is -0.344. The molecular weight excluding hydrogens is 354 g/mol. The van der Waals surface area contributed by atoms with E-state index in [9.17, 15) is 10.1 Å². The molecule has 0 saturated heterocycles. The van der Waals surface area contributed by atoms with Gasteiger partial charge in [-0.3, -0.25) is 20.1 Å². The first kappa shape index (κ1) is 14.7. The fraction of sp³-hybridized carbons (Fsp3) is 0. The summed E-state index contributed by atoms with van der Waals surface area (Å²) in [5.41, 5.74) is 1.67. The number of non-ortho nitro benzene ring substituents is 1. The van der Waals surface area contributed by atoms with Gasteiger partial charge in [0.25, 0.3) is 5.69 Å². The van der Waals surface area contributed by atoms with Crippen LogP contribution in [0.5, 0.6) is 0 Å². The first-order valence-corrected chi connectivity index (χ1v) is 9.15. The van der Waals surface area contributed by atoms with E-state index in [1.807, 2.05) is 30.5 Å². The topological polar surface area (TPSA) is 68.9 Å². The lowest BCUT2D eigenvalue weighted by Gasteiger charge is -2.20. The lowest BCUT2D eigenvalue weighted by Crippen LogP contribution is -1.97. The number of benzene rings is 2. The summed E-state index contributed by atoms with van der Waals surface area (Å²) in [4.78, 5) is 24.0. The number of nitro benzene ring substituents is 1. The normalized spacial score (nSPS) is 12.8. The van der Waals surface area contributed by atoms with Crippen LogP contribution in [0.3, 0.4) is 0 Å². The molecule has 1 aliphatic heterocycles. The van der Waals surface area contributed by atoms with Crippen molar-refractivity contribution in [1.29, 1.82) is 0 Å².